The zero-order chi connectivity index (χ0) is 19.1. The van der Waals surface area contributed by atoms with E-state index in [0.717, 1.165) is 11.3 Å². The third kappa shape index (κ3) is 5.01. The number of carbonyl (C=O) groups excluding carboxylic acids is 1. The number of anilines is 1. The molecule has 27 heavy (non-hydrogen) atoms. The van der Waals surface area contributed by atoms with E-state index >= 15 is 0 Å². The molecular weight excluding hydrogens is 366 g/mol. The van der Waals surface area contributed by atoms with Gasteiger partial charge in [0, 0.05) is 5.69 Å². The smallest absolute Gasteiger partial charge is 0.277 e. The van der Waals surface area contributed by atoms with Crippen molar-refractivity contribution >= 4 is 23.4 Å². The van der Waals surface area contributed by atoms with Gasteiger partial charge in [0.2, 0.25) is 5.91 Å². The normalized spacial score (nSPS) is 10.4. The Kier molecular flexibility index (Phi) is 6.32. The van der Waals surface area contributed by atoms with Crippen molar-refractivity contribution in [3.05, 3.63) is 48.5 Å². The Morgan fingerprint density at radius 1 is 1.15 bits per heavy atom. The van der Waals surface area contributed by atoms with Crippen LogP contribution in [0.2, 0.25) is 0 Å². The third-order valence-electron chi connectivity index (χ3n) is 3.52. The van der Waals surface area contributed by atoms with Gasteiger partial charge in [-0.3, -0.25) is 4.79 Å². The Hall–Kier alpha value is -3.00. The summed E-state index contributed by atoms with van der Waals surface area (Å²) in [5.41, 5.74) is 1.42. The van der Waals surface area contributed by atoms with Gasteiger partial charge in [-0.25, -0.2) is 0 Å². The lowest BCUT2D eigenvalue weighted by Gasteiger charge is -2.06. The molecule has 0 aliphatic carbocycles. The van der Waals surface area contributed by atoms with Crippen LogP contribution in [0.25, 0.3) is 11.5 Å². The minimum atomic E-state index is -0.167. The number of aromatic nitrogens is 2. The van der Waals surface area contributed by atoms with Gasteiger partial charge in [0.15, 0.2) is 0 Å². The highest BCUT2D eigenvalue weighted by Crippen LogP contribution is 2.30. The SMILES string of the molecule is CCOc1ccccc1-c1nnc(SCC(=O)Nc2ccc(OC)cc2)o1. The first-order chi connectivity index (χ1) is 13.2. The summed E-state index contributed by atoms with van der Waals surface area (Å²) in [5, 5.41) is 11.2. The highest BCUT2D eigenvalue weighted by atomic mass is 32.2. The Balaban J connectivity index is 1.58. The molecule has 0 bridgehead atoms. The minimum Gasteiger partial charge on any atom is -0.497 e. The molecule has 0 aliphatic heterocycles. The molecule has 0 unspecified atom stereocenters. The summed E-state index contributed by atoms with van der Waals surface area (Å²) >= 11 is 1.17. The van der Waals surface area contributed by atoms with Gasteiger partial charge in [-0.05, 0) is 43.3 Å². The van der Waals surface area contributed by atoms with Gasteiger partial charge in [0.25, 0.3) is 11.1 Å². The van der Waals surface area contributed by atoms with E-state index in [1.54, 1.807) is 31.4 Å². The number of amides is 1. The van der Waals surface area contributed by atoms with Gasteiger partial charge in [-0.2, -0.15) is 0 Å². The van der Waals surface area contributed by atoms with Crippen molar-refractivity contribution in [1.29, 1.82) is 0 Å². The van der Waals surface area contributed by atoms with Crippen LogP contribution in [0.1, 0.15) is 6.92 Å². The summed E-state index contributed by atoms with van der Waals surface area (Å²) in [7, 11) is 1.59. The number of methoxy groups -OCH3 is 1. The lowest BCUT2D eigenvalue weighted by Crippen LogP contribution is -2.13. The number of nitrogens with one attached hydrogen (secondary N) is 1. The lowest BCUT2D eigenvalue weighted by molar-refractivity contribution is -0.113. The average Bonchev–Trinajstić information content (AvgIpc) is 3.16. The lowest BCUT2D eigenvalue weighted by atomic mass is 10.2. The Bertz CT molecular complexity index is 896. The molecule has 1 heterocycles. The molecular formula is C19H19N3O4S. The topological polar surface area (TPSA) is 86.5 Å². The fourth-order valence-electron chi connectivity index (χ4n) is 2.30. The Morgan fingerprint density at radius 2 is 1.93 bits per heavy atom. The number of thioether (sulfide) groups is 1. The monoisotopic (exact) mass is 385 g/mol. The predicted molar refractivity (Wildman–Crippen MR) is 103 cm³/mol. The standard InChI is InChI=1S/C19H19N3O4S/c1-3-25-16-7-5-4-6-15(16)18-21-22-19(26-18)27-12-17(23)20-13-8-10-14(24-2)11-9-13/h4-11H,3,12H2,1-2H3,(H,20,23). The van der Waals surface area contributed by atoms with Crippen molar-refractivity contribution in [1.82, 2.24) is 10.2 Å². The molecule has 2 aromatic carbocycles. The van der Waals surface area contributed by atoms with Crippen molar-refractivity contribution in [2.24, 2.45) is 0 Å². The first kappa shape index (κ1) is 18.8. The van der Waals surface area contributed by atoms with Crippen LogP contribution in [-0.2, 0) is 4.79 Å². The van der Waals surface area contributed by atoms with E-state index in [-0.39, 0.29) is 11.7 Å². The van der Waals surface area contributed by atoms with Gasteiger partial charge in [0.1, 0.15) is 11.5 Å². The van der Waals surface area contributed by atoms with Crippen LogP contribution in [0.4, 0.5) is 5.69 Å². The van der Waals surface area contributed by atoms with E-state index in [9.17, 15) is 4.79 Å². The van der Waals surface area contributed by atoms with Gasteiger partial charge in [-0.1, -0.05) is 23.9 Å². The zero-order valence-corrected chi connectivity index (χ0v) is 15.8. The van der Waals surface area contributed by atoms with Crippen LogP contribution in [-0.4, -0.2) is 35.6 Å². The average molecular weight is 385 g/mol. The number of para-hydroxylation sites is 1. The molecule has 3 aromatic rings. The number of nitrogens with zero attached hydrogens (tertiary/aromatic N) is 2. The Labute approximate surface area is 161 Å². The van der Waals surface area contributed by atoms with Crippen molar-refractivity contribution in [3.63, 3.8) is 0 Å². The van der Waals surface area contributed by atoms with Gasteiger partial charge in [-0.15, -0.1) is 10.2 Å². The molecule has 1 N–H and O–H groups in total. The van der Waals surface area contributed by atoms with E-state index in [1.807, 2.05) is 31.2 Å². The summed E-state index contributed by atoms with van der Waals surface area (Å²) in [6.07, 6.45) is 0. The number of rotatable bonds is 8. The number of ether oxygens (including phenoxy) is 2. The summed E-state index contributed by atoms with van der Waals surface area (Å²) < 4.78 is 16.3. The fourth-order valence-corrected chi connectivity index (χ4v) is 2.86. The zero-order valence-electron chi connectivity index (χ0n) is 15.0. The van der Waals surface area contributed by atoms with E-state index in [0.29, 0.717) is 29.2 Å². The van der Waals surface area contributed by atoms with E-state index in [4.69, 9.17) is 13.9 Å². The molecule has 0 saturated carbocycles. The maximum Gasteiger partial charge on any atom is 0.277 e. The summed E-state index contributed by atoms with van der Waals surface area (Å²) in [5.74, 6) is 1.75. The molecule has 8 heteroatoms. The Morgan fingerprint density at radius 3 is 2.67 bits per heavy atom. The molecule has 0 radical (unpaired) electrons. The molecule has 7 nitrogen and oxygen atoms in total. The number of hydrogen-bond acceptors (Lipinski definition) is 7. The predicted octanol–water partition coefficient (Wildman–Crippen LogP) is 3.87. The van der Waals surface area contributed by atoms with Crippen LogP contribution >= 0.6 is 11.8 Å². The number of benzene rings is 2. The second-order valence-electron chi connectivity index (χ2n) is 5.37. The summed E-state index contributed by atoms with van der Waals surface area (Å²) in [6.45, 7) is 2.45. The van der Waals surface area contributed by atoms with Gasteiger partial charge in [0.05, 0.1) is 25.0 Å². The first-order valence-corrected chi connectivity index (χ1v) is 9.30. The minimum absolute atomic E-state index is 0.154. The van der Waals surface area contributed by atoms with E-state index in [1.165, 1.54) is 11.8 Å². The molecule has 0 aliphatic rings. The highest BCUT2D eigenvalue weighted by Gasteiger charge is 2.14. The van der Waals surface area contributed by atoms with Crippen molar-refractivity contribution < 1.29 is 18.7 Å². The second-order valence-corrected chi connectivity index (χ2v) is 6.29. The van der Waals surface area contributed by atoms with Gasteiger partial charge >= 0.3 is 0 Å². The highest BCUT2D eigenvalue weighted by molar-refractivity contribution is 7.99. The van der Waals surface area contributed by atoms with Crippen LogP contribution in [0, 0.1) is 0 Å². The quantitative estimate of drug-likeness (QED) is 0.589. The first-order valence-electron chi connectivity index (χ1n) is 8.32. The van der Waals surface area contributed by atoms with E-state index in [2.05, 4.69) is 15.5 Å². The summed E-state index contributed by atoms with van der Waals surface area (Å²) in [4.78, 5) is 12.1. The molecule has 3 rings (SSSR count). The number of hydrogen-bond donors (Lipinski definition) is 1. The number of carbonyl (C=O) groups is 1. The largest absolute Gasteiger partial charge is 0.497 e. The molecule has 1 amide bonds. The molecule has 0 fully saturated rings. The maximum absolute atomic E-state index is 12.1. The van der Waals surface area contributed by atoms with Crippen LogP contribution in [0.15, 0.2) is 58.2 Å². The molecule has 0 spiro atoms. The molecule has 140 valence electrons. The van der Waals surface area contributed by atoms with Crippen molar-refractivity contribution in [2.75, 3.05) is 24.8 Å². The van der Waals surface area contributed by atoms with Crippen molar-refractivity contribution in [2.45, 2.75) is 12.1 Å². The van der Waals surface area contributed by atoms with Crippen molar-refractivity contribution in [3.8, 4) is 23.0 Å². The third-order valence-corrected chi connectivity index (χ3v) is 4.34. The van der Waals surface area contributed by atoms with Crippen LogP contribution in [0.3, 0.4) is 0 Å². The fraction of sp³-hybridized carbons (Fsp3) is 0.211. The molecule has 0 atom stereocenters. The van der Waals surface area contributed by atoms with Crippen LogP contribution in [0.5, 0.6) is 11.5 Å². The molecule has 0 saturated heterocycles. The van der Waals surface area contributed by atoms with E-state index < -0.39 is 0 Å². The summed E-state index contributed by atoms with van der Waals surface area (Å²) in [6, 6.07) is 14.6. The maximum atomic E-state index is 12.1. The van der Waals surface area contributed by atoms with Gasteiger partial charge < -0.3 is 19.2 Å². The van der Waals surface area contributed by atoms with Crippen LogP contribution < -0.4 is 14.8 Å². The molecule has 1 aromatic heterocycles. The second kappa shape index (κ2) is 9.09.